The van der Waals surface area contributed by atoms with Crippen molar-refractivity contribution in [3.05, 3.63) is 42.2 Å². The first-order valence-electron chi connectivity index (χ1n) is 7.23. The van der Waals surface area contributed by atoms with Gasteiger partial charge in [0.15, 0.2) is 5.11 Å². The minimum absolute atomic E-state index is 0.0195. The topological polar surface area (TPSA) is 52.6 Å². The van der Waals surface area contributed by atoms with Gasteiger partial charge in [0.2, 0.25) is 10.0 Å². The van der Waals surface area contributed by atoms with E-state index in [2.05, 4.69) is 11.9 Å². The summed E-state index contributed by atoms with van der Waals surface area (Å²) in [5, 5.41) is 3.68. The number of piperazine rings is 1. The summed E-state index contributed by atoms with van der Waals surface area (Å²) in [6.45, 7) is 7.92. The highest BCUT2D eigenvalue weighted by Gasteiger charge is 2.29. The normalized spacial score (nSPS) is 16.2. The van der Waals surface area contributed by atoms with Crippen LogP contribution < -0.4 is 5.32 Å². The molecule has 0 aliphatic carbocycles. The van der Waals surface area contributed by atoms with Crippen LogP contribution in [-0.2, 0) is 10.0 Å². The summed E-state index contributed by atoms with van der Waals surface area (Å²) in [5.74, 6) is -0.560. The number of benzene rings is 1. The van der Waals surface area contributed by atoms with Crippen molar-refractivity contribution in [3.63, 3.8) is 0 Å². The van der Waals surface area contributed by atoms with E-state index < -0.39 is 15.8 Å². The van der Waals surface area contributed by atoms with Gasteiger partial charge in [-0.2, -0.15) is 4.31 Å². The van der Waals surface area contributed by atoms with Crippen molar-refractivity contribution in [2.24, 2.45) is 0 Å². The smallest absolute Gasteiger partial charge is 0.243 e. The van der Waals surface area contributed by atoms with E-state index >= 15 is 0 Å². The number of thiocarbonyl (C=S) groups is 1. The van der Waals surface area contributed by atoms with Gasteiger partial charge >= 0.3 is 0 Å². The molecule has 1 heterocycles. The summed E-state index contributed by atoms with van der Waals surface area (Å²) in [6.07, 6.45) is 0. The first-order valence-corrected chi connectivity index (χ1v) is 9.08. The number of hydrogen-bond acceptors (Lipinski definition) is 3. The third kappa shape index (κ3) is 4.49. The minimum atomic E-state index is -3.67. The molecule has 23 heavy (non-hydrogen) atoms. The third-order valence-corrected chi connectivity index (χ3v) is 5.80. The van der Waals surface area contributed by atoms with Crippen LogP contribution in [0, 0.1) is 5.82 Å². The van der Waals surface area contributed by atoms with Crippen LogP contribution in [0.25, 0.3) is 0 Å². The van der Waals surface area contributed by atoms with Crippen molar-refractivity contribution >= 4 is 27.4 Å². The molecule has 1 aliphatic heterocycles. The molecule has 0 aromatic heterocycles. The van der Waals surface area contributed by atoms with Crippen molar-refractivity contribution in [3.8, 4) is 0 Å². The van der Waals surface area contributed by atoms with Gasteiger partial charge < -0.3 is 10.2 Å². The predicted molar refractivity (Wildman–Crippen MR) is 92.1 cm³/mol. The summed E-state index contributed by atoms with van der Waals surface area (Å²) in [5.41, 5.74) is 0.972. The number of nitrogens with one attached hydrogen (secondary N) is 1. The number of rotatable bonds is 4. The van der Waals surface area contributed by atoms with Crippen molar-refractivity contribution in [1.29, 1.82) is 0 Å². The largest absolute Gasteiger partial charge is 0.359 e. The van der Waals surface area contributed by atoms with Gasteiger partial charge in [-0.25, -0.2) is 12.8 Å². The third-order valence-electron chi connectivity index (χ3n) is 3.50. The molecule has 1 saturated heterocycles. The molecular weight excluding hydrogens is 337 g/mol. The Balaban J connectivity index is 1.98. The molecule has 0 saturated carbocycles. The van der Waals surface area contributed by atoms with E-state index in [9.17, 15) is 12.8 Å². The molecule has 1 aromatic rings. The average Bonchev–Trinajstić information content (AvgIpc) is 2.52. The van der Waals surface area contributed by atoms with Crippen LogP contribution in [0.2, 0.25) is 0 Å². The van der Waals surface area contributed by atoms with Crippen LogP contribution in [0.15, 0.2) is 41.3 Å². The lowest BCUT2D eigenvalue weighted by atomic mass is 10.3. The van der Waals surface area contributed by atoms with Gasteiger partial charge in [0.1, 0.15) is 5.82 Å². The highest BCUT2D eigenvalue weighted by molar-refractivity contribution is 7.89. The molecule has 1 aliphatic rings. The van der Waals surface area contributed by atoms with E-state index in [0.717, 1.165) is 11.6 Å². The van der Waals surface area contributed by atoms with Crippen LogP contribution in [0.4, 0.5) is 4.39 Å². The molecule has 126 valence electrons. The van der Waals surface area contributed by atoms with Crippen molar-refractivity contribution in [1.82, 2.24) is 14.5 Å². The Morgan fingerprint density at radius 2 is 2.00 bits per heavy atom. The Hall–Kier alpha value is -1.51. The second kappa shape index (κ2) is 7.37. The van der Waals surface area contributed by atoms with Crippen molar-refractivity contribution in [2.75, 3.05) is 32.7 Å². The maximum absolute atomic E-state index is 13.3. The van der Waals surface area contributed by atoms with Gasteiger partial charge in [-0.3, -0.25) is 0 Å². The van der Waals surface area contributed by atoms with Gasteiger partial charge in [-0.15, -0.1) is 0 Å². The second-order valence-electron chi connectivity index (χ2n) is 5.46. The fraction of sp³-hybridized carbons (Fsp3) is 0.400. The Morgan fingerprint density at radius 3 is 2.57 bits per heavy atom. The summed E-state index contributed by atoms with van der Waals surface area (Å²) in [7, 11) is -3.67. The fourth-order valence-electron chi connectivity index (χ4n) is 2.25. The lowest BCUT2D eigenvalue weighted by Gasteiger charge is -2.35. The zero-order valence-electron chi connectivity index (χ0n) is 13.0. The number of sulfonamides is 1. The van der Waals surface area contributed by atoms with Gasteiger partial charge in [0.25, 0.3) is 0 Å². The van der Waals surface area contributed by atoms with Crippen LogP contribution in [0.3, 0.4) is 0 Å². The molecule has 1 fully saturated rings. The zero-order chi connectivity index (χ0) is 17.0. The summed E-state index contributed by atoms with van der Waals surface area (Å²) < 4.78 is 39.6. The van der Waals surface area contributed by atoms with Crippen LogP contribution in [0.1, 0.15) is 6.92 Å². The van der Waals surface area contributed by atoms with Gasteiger partial charge in [-0.1, -0.05) is 18.2 Å². The molecule has 0 bridgehead atoms. The second-order valence-corrected chi connectivity index (χ2v) is 7.79. The summed E-state index contributed by atoms with van der Waals surface area (Å²) >= 11 is 5.29. The first kappa shape index (κ1) is 17.8. The molecule has 5 nitrogen and oxygen atoms in total. The quantitative estimate of drug-likeness (QED) is 0.655. The Labute approximate surface area is 141 Å². The summed E-state index contributed by atoms with van der Waals surface area (Å²) in [6, 6.07) is 5.07. The lowest BCUT2D eigenvalue weighted by Crippen LogP contribution is -2.53. The van der Waals surface area contributed by atoms with Crippen molar-refractivity contribution in [2.45, 2.75) is 11.8 Å². The molecule has 0 unspecified atom stereocenters. The van der Waals surface area contributed by atoms with Crippen LogP contribution >= 0.6 is 12.2 Å². The fourth-order valence-corrected chi connectivity index (χ4v) is 3.96. The highest BCUT2D eigenvalue weighted by atomic mass is 32.2. The van der Waals surface area contributed by atoms with E-state index in [-0.39, 0.29) is 4.90 Å². The molecule has 0 amide bonds. The average molecular weight is 357 g/mol. The molecule has 0 radical (unpaired) electrons. The zero-order valence-corrected chi connectivity index (χ0v) is 14.6. The maximum Gasteiger partial charge on any atom is 0.243 e. The van der Waals surface area contributed by atoms with Crippen LogP contribution in [0.5, 0.6) is 0 Å². The number of hydrogen-bond donors (Lipinski definition) is 1. The van der Waals surface area contributed by atoms with Gasteiger partial charge in [-0.05, 0) is 37.3 Å². The Bertz CT molecular complexity index is 698. The Kier molecular flexibility index (Phi) is 5.72. The molecule has 0 atom stereocenters. The molecule has 0 spiro atoms. The van der Waals surface area contributed by atoms with Crippen LogP contribution in [-0.4, -0.2) is 55.5 Å². The van der Waals surface area contributed by atoms with E-state index in [0.29, 0.717) is 37.8 Å². The van der Waals surface area contributed by atoms with Gasteiger partial charge in [0.05, 0.1) is 4.90 Å². The van der Waals surface area contributed by atoms with E-state index in [1.807, 2.05) is 11.8 Å². The van der Waals surface area contributed by atoms with E-state index in [4.69, 9.17) is 12.2 Å². The standard InChI is InChI=1S/C15H20FN3O2S2/c1-12(2)11-17-15(22)18-6-8-19(9-7-18)23(20,21)14-5-3-4-13(16)10-14/h3-5,10H,1,6-9,11H2,2H3,(H,17,22). The van der Waals surface area contributed by atoms with Gasteiger partial charge in [0, 0.05) is 32.7 Å². The molecule has 8 heteroatoms. The monoisotopic (exact) mass is 357 g/mol. The Morgan fingerprint density at radius 1 is 1.35 bits per heavy atom. The molecular formula is C15H20FN3O2S2. The summed E-state index contributed by atoms with van der Waals surface area (Å²) in [4.78, 5) is 1.91. The predicted octanol–water partition coefficient (Wildman–Crippen LogP) is 1.58. The van der Waals surface area contributed by atoms with E-state index in [1.165, 1.54) is 22.5 Å². The highest BCUT2D eigenvalue weighted by Crippen LogP contribution is 2.18. The lowest BCUT2D eigenvalue weighted by molar-refractivity contribution is 0.264. The SMILES string of the molecule is C=C(C)CNC(=S)N1CCN(S(=O)(=O)c2cccc(F)c2)CC1. The molecule has 2 rings (SSSR count). The maximum atomic E-state index is 13.3. The first-order chi connectivity index (χ1) is 10.8. The molecule has 1 N–H and O–H groups in total. The molecule has 1 aromatic carbocycles. The van der Waals surface area contributed by atoms with E-state index in [1.54, 1.807) is 0 Å². The number of nitrogens with zero attached hydrogens (tertiary/aromatic N) is 2. The number of halogens is 1. The minimum Gasteiger partial charge on any atom is -0.359 e. The van der Waals surface area contributed by atoms with Crippen molar-refractivity contribution < 1.29 is 12.8 Å².